The third kappa shape index (κ3) is 5.19. The molecule has 0 bridgehead atoms. The van der Waals surface area contributed by atoms with Gasteiger partial charge in [-0.25, -0.2) is 4.79 Å². The number of carbonyl (C=O) groups is 3. The molecule has 32 heavy (non-hydrogen) atoms. The molecule has 1 aliphatic rings. The molecule has 1 aliphatic heterocycles. The van der Waals surface area contributed by atoms with E-state index in [0.717, 1.165) is 12.1 Å². The maximum absolute atomic E-state index is 13.2. The van der Waals surface area contributed by atoms with Gasteiger partial charge in [0, 0.05) is 26.2 Å². The van der Waals surface area contributed by atoms with Crippen molar-refractivity contribution in [2.45, 2.75) is 6.18 Å². The maximum Gasteiger partial charge on any atom is 0.417 e. The van der Waals surface area contributed by atoms with E-state index < -0.39 is 29.2 Å². The van der Waals surface area contributed by atoms with Gasteiger partial charge >= 0.3 is 12.1 Å². The largest absolute Gasteiger partial charge is 0.483 e. The second-order valence-corrected chi connectivity index (χ2v) is 6.99. The fourth-order valence-electron chi connectivity index (χ4n) is 3.35. The predicted molar refractivity (Wildman–Crippen MR) is 107 cm³/mol. The third-order valence-electron chi connectivity index (χ3n) is 5.03. The highest BCUT2D eigenvalue weighted by Gasteiger charge is 2.36. The summed E-state index contributed by atoms with van der Waals surface area (Å²) < 4.78 is 49.8. The highest BCUT2D eigenvalue weighted by molar-refractivity contribution is 5.96. The molecule has 2 aromatic carbocycles. The van der Waals surface area contributed by atoms with Crippen LogP contribution in [0.5, 0.6) is 5.75 Å². The zero-order valence-corrected chi connectivity index (χ0v) is 17.2. The van der Waals surface area contributed by atoms with Crippen molar-refractivity contribution in [3.63, 3.8) is 0 Å². The molecule has 0 atom stereocenters. The highest BCUT2D eigenvalue weighted by Crippen LogP contribution is 2.32. The number of ether oxygens (including phenoxy) is 2. The Morgan fingerprint density at radius 3 is 2.06 bits per heavy atom. The highest BCUT2D eigenvalue weighted by atomic mass is 19.4. The number of benzene rings is 2. The molecule has 3 rings (SSSR count). The lowest BCUT2D eigenvalue weighted by atomic mass is 10.1. The number of amides is 2. The van der Waals surface area contributed by atoms with E-state index in [9.17, 15) is 27.6 Å². The van der Waals surface area contributed by atoms with Gasteiger partial charge in [-0.15, -0.1) is 0 Å². The molecule has 0 saturated carbocycles. The summed E-state index contributed by atoms with van der Waals surface area (Å²) in [5.41, 5.74) is -1.22. The molecule has 1 heterocycles. The maximum atomic E-state index is 13.2. The first-order chi connectivity index (χ1) is 15.2. The van der Waals surface area contributed by atoms with Crippen LogP contribution in [0.3, 0.4) is 0 Å². The molecular weight excluding hydrogens is 429 g/mol. The van der Waals surface area contributed by atoms with Crippen molar-refractivity contribution in [3.05, 3.63) is 65.2 Å². The van der Waals surface area contributed by atoms with Crippen molar-refractivity contribution in [1.82, 2.24) is 9.80 Å². The quantitative estimate of drug-likeness (QED) is 0.655. The molecule has 0 aromatic heterocycles. The van der Waals surface area contributed by atoms with Crippen LogP contribution in [0.2, 0.25) is 0 Å². The van der Waals surface area contributed by atoms with Gasteiger partial charge in [0.1, 0.15) is 11.3 Å². The average molecular weight is 450 g/mol. The van der Waals surface area contributed by atoms with E-state index in [1.807, 2.05) is 0 Å². The van der Waals surface area contributed by atoms with Crippen LogP contribution in [0.1, 0.15) is 26.3 Å². The minimum absolute atomic E-state index is 0.0928. The Morgan fingerprint density at radius 2 is 1.44 bits per heavy atom. The predicted octanol–water partition coefficient (Wildman–Crippen LogP) is 2.86. The molecule has 2 amide bonds. The molecule has 0 N–H and O–H groups in total. The van der Waals surface area contributed by atoms with E-state index in [1.54, 1.807) is 12.1 Å². The van der Waals surface area contributed by atoms with Crippen molar-refractivity contribution in [2.24, 2.45) is 0 Å². The van der Waals surface area contributed by atoms with E-state index in [2.05, 4.69) is 4.74 Å². The molecule has 0 radical (unpaired) electrons. The van der Waals surface area contributed by atoms with Gasteiger partial charge in [0.2, 0.25) is 0 Å². The van der Waals surface area contributed by atoms with Gasteiger partial charge in [0.05, 0.1) is 18.2 Å². The van der Waals surface area contributed by atoms with E-state index in [4.69, 9.17) is 4.74 Å². The van der Waals surface area contributed by atoms with Crippen molar-refractivity contribution in [3.8, 4) is 5.75 Å². The van der Waals surface area contributed by atoms with E-state index in [0.29, 0.717) is 0 Å². The normalized spacial score (nSPS) is 14.1. The van der Waals surface area contributed by atoms with Crippen LogP contribution in [0, 0.1) is 0 Å². The van der Waals surface area contributed by atoms with Crippen LogP contribution in [-0.2, 0) is 15.7 Å². The molecule has 170 valence electrons. The molecule has 1 fully saturated rings. The summed E-state index contributed by atoms with van der Waals surface area (Å²) in [6.07, 6.45) is -4.64. The Morgan fingerprint density at radius 1 is 0.875 bits per heavy atom. The number of esters is 1. The smallest absolute Gasteiger partial charge is 0.417 e. The number of rotatable bonds is 5. The van der Waals surface area contributed by atoms with Gasteiger partial charge in [-0.2, -0.15) is 13.2 Å². The Bertz CT molecular complexity index is 1000. The Kier molecular flexibility index (Phi) is 7.01. The minimum atomic E-state index is -4.64. The lowest BCUT2D eigenvalue weighted by Gasteiger charge is -2.35. The van der Waals surface area contributed by atoms with Crippen molar-refractivity contribution in [1.29, 1.82) is 0 Å². The van der Waals surface area contributed by atoms with Gasteiger partial charge < -0.3 is 19.3 Å². The lowest BCUT2D eigenvalue weighted by Crippen LogP contribution is -2.51. The van der Waals surface area contributed by atoms with Crippen molar-refractivity contribution in [2.75, 3.05) is 39.9 Å². The SMILES string of the molecule is COC(=O)c1ccccc1OCC(=O)N1CCN(C(=O)c2ccccc2C(F)(F)F)CC1. The number of methoxy groups -OCH3 is 1. The van der Waals surface area contributed by atoms with Crippen molar-refractivity contribution < 1.29 is 37.0 Å². The Balaban J connectivity index is 1.58. The summed E-state index contributed by atoms with van der Waals surface area (Å²) in [5, 5.41) is 0. The summed E-state index contributed by atoms with van der Waals surface area (Å²) in [6, 6.07) is 11.0. The monoisotopic (exact) mass is 450 g/mol. The van der Waals surface area contributed by atoms with Gasteiger partial charge in [0.15, 0.2) is 6.61 Å². The lowest BCUT2D eigenvalue weighted by molar-refractivity contribution is -0.138. The fraction of sp³-hybridized carbons (Fsp3) is 0.318. The number of alkyl halides is 3. The van der Waals surface area contributed by atoms with Crippen LogP contribution in [0.4, 0.5) is 13.2 Å². The molecule has 0 unspecified atom stereocenters. The topological polar surface area (TPSA) is 76.2 Å². The van der Waals surface area contributed by atoms with Crippen LogP contribution in [0.15, 0.2) is 48.5 Å². The molecule has 2 aromatic rings. The molecular formula is C22H21F3N2O5. The van der Waals surface area contributed by atoms with Gasteiger partial charge in [-0.05, 0) is 24.3 Å². The zero-order chi connectivity index (χ0) is 23.3. The number of piperazine rings is 1. The fourth-order valence-corrected chi connectivity index (χ4v) is 3.35. The van der Waals surface area contributed by atoms with E-state index in [1.165, 1.54) is 41.2 Å². The first-order valence-corrected chi connectivity index (χ1v) is 9.75. The minimum Gasteiger partial charge on any atom is -0.483 e. The van der Waals surface area contributed by atoms with Crippen LogP contribution >= 0.6 is 0 Å². The van der Waals surface area contributed by atoms with Crippen LogP contribution < -0.4 is 4.74 Å². The third-order valence-corrected chi connectivity index (χ3v) is 5.03. The van der Waals surface area contributed by atoms with Crippen LogP contribution in [0.25, 0.3) is 0 Å². The molecule has 10 heteroatoms. The van der Waals surface area contributed by atoms with Crippen LogP contribution in [-0.4, -0.2) is 67.5 Å². The summed E-state index contributed by atoms with van der Waals surface area (Å²) >= 11 is 0. The second kappa shape index (κ2) is 9.71. The van der Waals surface area contributed by atoms with E-state index in [-0.39, 0.29) is 50.0 Å². The first-order valence-electron chi connectivity index (χ1n) is 9.75. The zero-order valence-electron chi connectivity index (χ0n) is 17.2. The molecule has 0 spiro atoms. The molecule has 0 aliphatic carbocycles. The number of halogens is 3. The number of para-hydroxylation sites is 1. The number of hydrogen-bond acceptors (Lipinski definition) is 5. The summed E-state index contributed by atoms with van der Waals surface area (Å²) in [6.45, 7) is 0.158. The Labute approximate surface area is 182 Å². The molecule has 7 nitrogen and oxygen atoms in total. The first kappa shape index (κ1) is 23.1. The van der Waals surface area contributed by atoms with Gasteiger partial charge in [-0.1, -0.05) is 24.3 Å². The Hall–Kier alpha value is -3.56. The number of carbonyl (C=O) groups excluding carboxylic acids is 3. The standard InChI is InChI=1S/C22H21F3N2O5/c1-31-21(30)16-7-3-5-9-18(16)32-14-19(28)26-10-12-27(13-11-26)20(29)15-6-2-4-8-17(15)22(23,24)25/h2-9H,10-14H2,1H3. The second-order valence-electron chi connectivity index (χ2n) is 6.99. The van der Waals surface area contributed by atoms with Gasteiger partial charge in [0.25, 0.3) is 11.8 Å². The summed E-state index contributed by atoms with van der Waals surface area (Å²) in [7, 11) is 1.23. The van der Waals surface area contributed by atoms with Gasteiger partial charge in [-0.3, -0.25) is 9.59 Å². The molecule has 1 saturated heterocycles. The van der Waals surface area contributed by atoms with E-state index >= 15 is 0 Å². The number of hydrogen-bond donors (Lipinski definition) is 0. The average Bonchev–Trinajstić information content (AvgIpc) is 2.81. The van der Waals surface area contributed by atoms with Crippen molar-refractivity contribution >= 4 is 17.8 Å². The number of nitrogens with zero attached hydrogens (tertiary/aromatic N) is 2. The summed E-state index contributed by atoms with van der Waals surface area (Å²) in [4.78, 5) is 39.7. The summed E-state index contributed by atoms with van der Waals surface area (Å²) in [5.74, 6) is -1.50.